The van der Waals surface area contributed by atoms with Crippen molar-refractivity contribution in [2.24, 2.45) is 0 Å². The normalized spacial score (nSPS) is 20.4. The van der Waals surface area contributed by atoms with Crippen LogP contribution in [0.25, 0.3) is 10.8 Å². The number of rotatable bonds is 4. The van der Waals surface area contributed by atoms with E-state index in [0.717, 1.165) is 6.54 Å². The van der Waals surface area contributed by atoms with Gasteiger partial charge in [-0.1, -0.05) is 43.3 Å². The summed E-state index contributed by atoms with van der Waals surface area (Å²) < 4.78 is 0. The highest BCUT2D eigenvalue weighted by Gasteiger charge is 2.17. The van der Waals surface area contributed by atoms with E-state index in [1.54, 1.807) is 0 Å². The summed E-state index contributed by atoms with van der Waals surface area (Å²) in [4.78, 5) is 2.54. The van der Waals surface area contributed by atoms with E-state index in [1.807, 2.05) is 0 Å². The second-order valence-electron chi connectivity index (χ2n) is 5.79. The van der Waals surface area contributed by atoms with Gasteiger partial charge >= 0.3 is 0 Å². The fourth-order valence-electron chi connectivity index (χ4n) is 3.12. The molecular weight excluding hydrogens is 244 g/mol. The van der Waals surface area contributed by atoms with Gasteiger partial charge in [0, 0.05) is 19.1 Å². The summed E-state index contributed by atoms with van der Waals surface area (Å²) in [7, 11) is 0. The van der Waals surface area contributed by atoms with E-state index in [2.05, 4.69) is 59.6 Å². The fraction of sp³-hybridized carbons (Fsp3) is 0.444. The van der Waals surface area contributed by atoms with Crippen LogP contribution in [0.2, 0.25) is 0 Å². The van der Waals surface area contributed by atoms with Crippen LogP contribution in [0.1, 0.15) is 25.3 Å². The molecule has 3 rings (SSSR count). The summed E-state index contributed by atoms with van der Waals surface area (Å²) in [5, 5.41) is 6.39. The first-order valence-electron chi connectivity index (χ1n) is 7.78. The first-order valence-corrected chi connectivity index (χ1v) is 7.78. The number of likely N-dealkylation sites (tertiary alicyclic amines) is 1. The second-order valence-corrected chi connectivity index (χ2v) is 5.79. The van der Waals surface area contributed by atoms with Crippen LogP contribution in [0, 0.1) is 0 Å². The SMILES string of the molecule is CCN1CCCC(NCc2ccc3ccccc3c2)C1. The average Bonchev–Trinajstić information content (AvgIpc) is 2.53. The molecule has 0 aliphatic carbocycles. The van der Waals surface area contributed by atoms with Crippen molar-refractivity contribution in [1.82, 2.24) is 10.2 Å². The van der Waals surface area contributed by atoms with E-state index in [4.69, 9.17) is 0 Å². The lowest BCUT2D eigenvalue weighted by Crippen LogP contribution is -2.45. The van der Waals surface area contributed by atoms with Gasteiger partial charge in [-0.25, -0.2) is 0 Å². The van der Waals surface area contributed by atoms with E-state index < -0.39 is 0 Å². The predicted octanol–water partition coefficient (Wildman–Crippen LogP) is 3.41. The maximum absolute atomic E-state index is 3.73. The molecule has 0 bridgehead atoms. The summed E-state index contributed by atoms with van der Waals surface area (Å²) >= 11 is 0. The zero-order valence-corrected chi connectivity index (χ0v) is 12.3. The van der Waals surface area contributed by atoms with E-state index in [1.165, 1.54) is 48.8 Å². The van der Waals surface area contributed by atoms with Crippen LogP contribution < -0.4 is 5.32 Å². The van der Waals surface area contributed by atoms with Gasteiger partial charge in [0.15, 0.2) is 0 Å². The molecule has 20 heavy (non-hydrogen) atoms. The highest BCUT2D eigenvalue weighted by atomic mass is 15.2. The van der Waals surface area contributed by atoms with Gasteiger partial charge in [0.1, 0.15) is 0 Å². The van der Waals surface area contributed by atoms with E-state index in [0.29, 0.717) is 6.04 Å². The monoisotopic (exact) mass is 268 g/mol. The van der Waals surface area contributed by atoms with Gasteiger partial charge in [-0.15, -0.1) is 0 Å². The Bertz CT molecular complexity index is 564. The predicted molar refractivity (Wildman–Crippen MR) is 85.9 cm³/mol. The van der Waals surface area contributed by atoms with Gasteiger partial charge in [0.25, 0.3) is 0 Å². The largest absolute Gasteiger partial charge is 0.309 e. The molecule has 0 saturated carbocycles. The third-order valence-corrected chi connectivity index (χ3v) is 4.36. The van der Waals surface area contributed by atoms with Crippen molar-refractivity contribution >= 4 is 10.8 Å². The van der Waals surface area contributed by atoms with Crippen molar-refractivity contribution in [2.45, 2.75) is 32.4 Å². The molecule has 1 aliphatic rings. The zero-order valence-electron chi connectivity index (χ0n) is 12.3. The summed E-state index contributed by atoms with van der Waals surface area (Å²) in [5.41, 5.74) is 1.39. The van der Waals surface area contributed by atoms with Crippen LogP contribution in [0.15, 0.2) is 42.5 Å². The Morgan fingerprint density at radius 2 is 2.00 bits per heavy atom. The third-order valence-electron chi connectivity index (χ3n) is 4.36. The molecule has 1 atom stereocenters. The molecule has 1 unspecified atom stereocenters. The number of hydrogen-bond acceptors (Lipinski definition) is 2. The molecule has 2 aromatic carbocycles. The topological polar surface area (TPSA) is 15.3 Å². The van der Waals surface area contributed by atoms with Gasteiger partial charge in [0.2, 0.25) is 0 Å². The standard InChI is InChI=1S/C18H24N2/c1-2-20-11-5-8-18(14-20)19-13-15-9-10-16-6-3-4-7-17(16)12-15/h3-4,6-7,9-10,12,18-19H,2,5,8,11,13-14H2,1H3. The molecular formula is C18H24N2. The smallest absolute Gasteiger partial charge is 0.0208 e. The molecule has 0 aromatic heterocycles. The first kappa shape index (κ1) is 13.6. The van der Waals surface area contributed by atoms with Crippen molar-refractivity contribution in [2.75, 3.05) is 19.6 Å². The molecule has 0 radical (unpaired) electrons. The van der Waals surface area contributed by atoms with Gasteiger partial charge in [-0.05, 0) is 48.3 Å². The number of benzene rings is 2. The molecule has 1 heterocycles. The molecule has 1 N–H and O–H groups in total. The average molecular weight is 268 g/mol. The lowest BCUT2D eigenvalue weighted by atomic mass is 10.0. The van der Waals surface area contributed by atoms with Gasteiger partial charge in [-0.3, -0.25) is 0 Å². The van der Waals surface area contributed by atoms with Gasteiger partial charge in [-0.2, -0.15) is 0 Å². The van der Waals surface area contributed by atoms with E-state index in [-0.39, 0.29) is 0 Å². The Morgan fingerprint density at radius 3 is 2.85 bits per heavy atom. The highest BCUT2D eigenvalue weighted by molar-refractivity contribution is 5.82. The van der Waals surface area contributed by atoms with Crippen LogP contribution in [-0.4, -0.2) is 30.6 Å². The van der Waals surface area contributed by atoms with Crippen molar-refractivity contribution < 1.29 is 0 Å². The number of nitrogens with one attached hydrogen (secondary N) is 1. The summed E-state index contributed by atoms with van der Waals surface area (Å²) in [5.74, 6) is 0. The van der Waals surface area contributed by atoms with Crippen LogP contribution in [0.5, 0.6) is 0 Å². The Kier molecular flexibility index (Phi) is 4.34. The lowest BCUT2D eigenvalue weighted by molar-refractivity contribution is 0.198. The first-order chi connectivity index (χ1) is 9.85. The maximum atomic E-state index is 3.73. The van der Waals surface area contributed by atoms with Crippen molar-refractivity contribution in [1.29, 1.82) is 0 Å². The number of fused-ring (bicyclic) bond motifs is 1. The van der Waals surface area contributed by atoms with Crippen molar-refractivity contribution in [3.8, 4) is 0 Å². The zero-order chi connectivity index (χ0) is 13.8. The molecule has 1 saturated heterocycles. The Hall–Kier alpha value is -1.38. The van der Waals surface area contributed by atoms with Crippen molar-refractivity contribution in [3.63, 3.8) is 0 Å². The lowest BCUT2D eigenvalue weighted by Gasteiger charge is -2.32. The Morgan fingerprint density at radius 1 is 1.15 bits per heavy atom. The molecule has 0 spiro atoms. The van der Waals surface area contributed by atoms with Crippen LogP contribution >= 0.6 is 0 Å². The van der Waals surface area contributed by atoms with Crippen LogP contribution in [-0.2, 0) is 6.54 Å². The number of hydrogen-bond donors (Lipinski definition) is 1. The summed E-state index contributed by atoms with van der Waals surface area (Å²) in [6.07, 6.45) is 2.63. The number of likely N-dealkylation sites (N-methyl/N-ethyl adjacent to an activating group) is 1. The minimum Gasteiger partial charge on any atom is -0.309 e. The van der Waals surface area contributed by atoms with Gasteiger partial charge in [0.05, 0.1) is 0 Å². The summed E-state index contributed by atoms with van der Waals surface area (Å²) in [6.45, 7) is 6.88. The maximum Gasteiger partial charge on any atom is 0.0208 e. The van der Waals surface area contributed by atoms with E-state index in [9.17, 15) is 0 Å². The van der Waals surface area contributed by atoms with Gasteiger partial charge < -0.3 is 10.2 Å². The number of nitrogens with zero attached hydrogens (tertiary/aromatic N) is 1. The fourth-order valence-corrected chi connectivity index (χ4v) is 3.12. The number of piperidine rings is 1. The molecule has 0 amide bonds. The Balaban J connectivity index is 1.61. The quantitative estimate of drug-likeness (QED) is 0.914. The molecule has 2 aromatic rings. The van der Waals surface area contributed by atoms with Crippen LogP contribution in [0.3, 0.4) is 0 Å². The third kappa shape index (κ3) is 3.20. The summed E-state index contributed by atoms with van der Waals surface area (Å²) in [6, 6.07) is 16.0. The molecule has 2 heteroatoms. The van der Waals surface area contributed by atoms with Crippen LogP contribution in [0.4, 0.5) is 0 Å². The highest BCUT2D eigenvalue weighted by Crippen LogP contribution is 2.16. The molecule has 2 nitrogen and oxygen atoms in total. The molecule has 1 aliphatic heterocycles. The molecule has 1 fully saturated rings. The van der Waals surface area contributed by atoms with Crippen molar-refractivity contribution in [3.05, 3.63) is 48.0 Å². The minimum atomic E-state index is 0.648. The second kappa shape index (κ2) is 6.38. The van der Waals surface area contributed by atoms with E-state index >= 15 is 0 Å². The molecule has 106 valence electrons. The minimum absolute atomic E-state index is 0.648. The Labute approximate surface area is 121 Å².